The van der Waals surface area contributed by atoms with Crippen LogP contribution in [-0.4, -0.2) is 59.5 Å². The molecule has 2 saturated heterocycles. The SMILES string of the molecule is CCC(C)NC(=S)SC[C@H]1O[C@@H]2OC(C)(C)O[C@@H]2[C@H]1OS(=O)(=O)O. The number of hydrogen-bond donors (Lipinski definition) is 2. The van der Waals surface area contributed by atoms with Gasteiger partial charge in [-0.2, -0.15) is 8.42 Å². The van der Waals surface area contributed by atoms with E-state index >= 15 is 0 Å². The zero-order valence-corrected chi connectivity index (χ0v) is 16.4. The quantitative estimate of drug-likeness (QED) is 0.502. The number of thiocarbonyl (C=S) groups is 1. The van der Waals surface area contributed by atoms with Crippen LogP contribution in [0.15, 0.2) is 0 Å². The monoisotopic (exact) mass is 401 g/mol. The van der Waals surface area contributed by atoms with Crippen LogP contribution in [-0.2, 0) is 28.8 Å². The standard InChI is InChI=1S/C13H23NO7S3/c1-5-7(2)14-12(22)23-6-8-9(21-24(15,16)17)10-11(18-8)20-13(3,4)19-10/h7-11H,5-6H2,1-4H3,(H,14,22)(H,15,16,17)/t7?,8-,9+,10-,11-/m1/s1. The fourth-order valence-corrected chi connectivity index (χ4v) is 4.23. The van der Waals surface area contributed by atoms with Crippen molar-refractivity contribution in [1.29, 1.82) is 0 Å². The first-order valence-corrected chi connectivity index (χ1v) is 10.4. The van der Waals surface area contributed by atoms with Gasteiger partial charge in [0.05, 0.1) is 0 Å². The van der Waals surface area contributed by atoms with Crippen LogP contribution in [0.2, 0.25) is 0 Å². The third-order valence-corrected chi connectivity index (χ3v) is 5.49. The van der Waals surface area contributed by atoms with Gasteiger partial charge < -0.3 is 19.5 Å². The Morgan fingerprint density at radius 3 is 2.71 bits per heavy atom. The van der Waals surface area contributed by atoms with Gasteiger partial charge in [0.25, 0.3) is 0 Å². The second-order valence-electron chi connectivity index (χ2n) is 6.18. The second-order valence-corrected chi connectivity index (χ2v) is 8.93. The summed E-state index contributed by atoms with van der Waals surface area (Å²) in [6, 6.07) is 0.242. The maximum Gasteiger partial charge on any atom is 0.397 e. The van der Waals surface area contributed by atoms with Gasteiger partial charge in [0.1, 0.15) is 22.6 Å². The highest BCUT2D eigenvalue weighted by molar-refractivity contribution is 8.23. The summed E-state index contributed by atoms with van der Waals surface area (Å²) in [7, 11) is -4.65. The van der Waals surface area contributed by atoms with Gasteiger partial charge >= 0.3 is 10.4 Å². The lowest BCUT2D eigenvalue weighted by Gasteiger charge is -2.24. The molecule has 5 atom stereocenters. The normalized spacial score (nSPS) is 33.2. The lowest BCUT2D eigenvalue weighted by Crippen LogP contribution is -2.40. The topological polar surface area (TPSA) is 103 Å². The molecule has 0 aliphatic carbocycles. The highest BCUT2D eigenvalue weighted by Crippen LogP contribution is 2.40. The van der Waals surface area contributed by atoms with Crippen LogP contribution in [0.25, 0.3) is 0 Å². The van der Waals surface area contributed by atoms with E-state index < -0.39 is 40.8 Å². The summed E-state index contributed by atoms with van der Waals surface area (Å²) in [5, 5.41) is 3.15. The zero-order chi connectivity index (χ0) is 18.1. The molecule has 11 heteroatoms. The molecule has 0 aromatic heterocycles. The van der Waals surface area contributed by atoms with Crippen molar-refractivity contribution >= 4 is 38.7 Å². The van der Waals surface area contributed by atoms with E-state index in [1.807, 2.05) is 13.8 Å². The third-order valence-electron chi connectivity index (χ3n) is 3.68. The number of hydrogen-bond acceptors (Lipinski definition) is 8. The predicted octanol–water partition coefficient (Wildman–Crippen LogP) is 1.46. The van der Waals surface area contributed by atoms with E-state index in [4.69, 9.17) is 35.2 Å². The van der Waals surface area contributed by atoms with Crippen molar-refractivity contribution < 1.29 is 31.4 Å². The van der Waals surface area contributed by atoms with E-state index in [1.165, 1.54) is 11.8 Å². The minimum Gasteiger partial charge on any atom is -0.369 e. The summed E-state index contributed by atoms with van der Waals surface area (Å²) >= 11 is 6.56. The average Bonchev–Trinajstić information content (AvgIpc) is 2.88. The van der Waals surface area contributed by atoms with E-state index in [0.717, 1.165) is 6.42 Å². The van der Waals surface area contributed by atoms with Crippen LogP contribution in [0.1, 0.15) is 34.1 Å². The Labute approximate surface area is 151 Å². The van der Waals surface area contributed by atoms with E-state index in [9.17, 15) is 8.42 Å². The molecule has 2 aliphatic rings. The van der Waals surface area contributed by atoms with Crippen molar-refractivity contribution in [2.24, 2.45) is 0 Å². The first-order chi connectivity index (χ1) is 11.0. The number of ether oxygens (including phenoxy) is 3. The summed E-state index contributed by atoms with van der Waals surface area (Å²) in [5.41, 5.74) is 0. The molecule has 24 heavy (non-hydrogen) atoms. The van der Waals surface area contributed by atoms with Crippen molar-refractivity contribution in [1.82, 2.24) is 5.32 Å². The minimum absolute atomic E-state index is 0.242. The van der Waals surface area contributed by atoms with Crippen LogP contribution in [0, 0.1) is 0 Å². The van der Waals surface area contributed by atoms with E-state index in [0.29, 0.717) is 10.1 Å². The molecule has 2 N–H and O–H groups in total. The number of thioether (sulfide) groups is 1. The van der Waals surface area contributed by atoms with Crippen LogP contribution in [0.3, 0.4) is 0 Å². The summed E-state index contributed by atoms with van der Waals surface area (Å²) in [4.78, 5) is 0. The number of nitrogens with one attached hydrogen (secondary N) is 1. The zero-order valence-electron chi connectivity index (χ0n) is 13.9. The number of fused-ring (bicyclic) bond motifs is 1. The van der Waals surface area contributed by atoms with Crippen LogP contribution >= 0.6 is 24.0 Å². The van der Waals surface area contributed by atoms with Gasteiger partial charge in [-0.25, -0.2) is 4.18 Å². The molecule has 0 radical (unpaired) electrons. The maximum atomic E-state index is 11.1. The van der Waals surface area contributed by atoms with E-state index in [1.54, 1.807) is 13.8 Å². The Morgan fingerprint density at radius 1 is 1.46 bits per heavy atom. The lowest BCUT2D eigenvalue weighted by atomic mass is 10.1. The molecular formula is C13H23NO7S3. The Kier molecular flexibility index (Phi) is 6.52. The Hall–Kier alpha value is -0.0100. The van der Waals surface area contributed by atoms with Crippen molar-refractivity contribution in [3.63, 3.8) is 0 Å². The highest BCUT2D eigenvalue weighted by atomic mass is 32.3. The minimum atomic E-state index is -4.65. The van der Waals surface area contributed by atoms with Gasteiger partial charge in [0.2, 0.25) is 0 Å². The second kappa shape index (κ2) is 7.70. The molecule has 2 aliphatic heterocycles. The Bertz CT molecular complexity index is 568. The van der Waals surface area contributed by atoms with Crippen molar-refractivity contribution in [3.05, 3.63) is 0 Å². The van der Waals surface area contributed by atoms with Crippen LogP contribution in [0.4, 0.5) is 0 Å². The molecule has 2 rings (SSSR count). The van der Waals surface area contributed by atoms with Gasteiger partial charge in [-0.05, 0) is 27.2 Å². The summed E-state index contributed by atoms with van der Waals surface area (Å²) in [5.74, 6) is -0.579. The molecule has 0 spiro atoms. The summed E-state index contributed by atoms with van der Waals surface area (Å²) in [6.45, 7) is 7.43. The molecule has 0 bridgehead atoms. The largest absolute Gasteiger partial charge is 0.397 e. The Balaban J connectivity index is 1.99. The molecule has 1 unspecified atom stereocenters. The maximum absolute atomic E-state index is 11.1. The molecule has 0 saturated carbocycles. The van der Waals surface area contributed by atoms with Crippen molar-refractivity contribution in [3.8, 4) is 0 Å². The molecule has 2 heterocycles. The highest BCUT2D eigenvalue weighted by Gasteiger charge is 2.56. The first-order valence-electron chi connectivity index (χ1n) is 7.61. The predicted molar refractivity (Wildman–Crippen MR) is 93.1 cm³/mol. The molecule has 2 fully saturated rings. The average molecular weight is 402 g/mol. The van der Waals surface area contributed by atoms with Crippen molar-refractivity contribution in [2.75, 3.05) is 5.75 Å². The lowest BCUT2D eigenvalue weighted by molar-refractivity contribution is -0.210. The molecule has 0 aromatic rings. The fraction of sp³-hybridized carbons (Fsp3) is 0.923. The first kappa shape index (κ1) is 20.3. The van der Waals surface area contributed by atoms with E-state index in [2.05, 4.69) is 5.32 Å². The van der Waals surface area contributed by atoms with Crippen LogP contribution < -0.4 is 5.32 Å². The smallest absolute Gasteiger partial charge is 0.369 e. The molecule has 140 valence electrons. The molecular weight excluding hydrogens is 378 g/mol. The molecule has 0 aromatic carbocycles. The summed E-state index contributed by atoms with van der Waals surface area (Å²) in [6.07, 6.45) is -2.24. The summed E-state index contributed by atoms with van der Waals surface area (Å²) < 4.78 is 53.6. The third kappa shape index (κ3) is 5.49. The Morgan fingerprint density at radius 2 is 2.12 bits per heavy atom. The van der Waals surface area contributed by atoms with Crippen LogP contribution in [0.5, 0.6) is 0 Å². The van der Waals surface area contributed by atoms with Gasteiger partial charge in [0.15, 0.2) is 12.1 Å². The number of rotatable bonds is 6. The van der Waals surface area contributed by atoms with Gasteiger partial charge in [-0.15, -0.1) is 0 Å². The van der Waals surface area contributed by atoms with Crippen molar-refractivity contribution in [2.45, 2.75) is 70.5 Å². The van der Waals surface area contributed by atoms with Gasteiger partial charge in [-0.3, -0.25) is 4.55 Å². The molecule has 8 nitrogen and oxygen atoms in total. The van der Waals surface area contributed by atoms with E-state index in [-0.39, 0.29) is 6.04 Å². The van der Waals surface area contributed by atoms with Gasteiger partial charge in [0, 0.05) is 11.8 Å². The fourth-order valence-electron chi connectivity index (χ4n) is 2.44. The van der Waals surface area contributed by atoms with Gasteiger partial charge in [-0.1, -0.05) is 30.9 Å². The molecule has 0 amide bonds.